The summed E-state index contributed by atoms with van der Waals surface area (Å²) in [6, 6.07) is 3.46. The van der Waals surface area contributed by atoms with E-state index in [0.717, 1.165) is 10.0 Å². The molecule has 2 aromatic heterocycles. The molecule has 2 rings (SSSR count). The van der Waals surface area contributed by atoms with E-state index in [2.05, 4.69) is 31.2 Å². The molecule has 0 radical (unpaired) electrons. The third-order valence-corrected chi connectivity index (χ3v) is 2.88. The highest BCUT2D eigenvalue weighted by Crippen LogP contribution is 2.21. The molecule has 2 N–H and O–H groups in total. The molecule has 0 fully saturated rings. The van der Waals surface area contributed by atoms with Crippen LogP contribution in [0.4, 0.5) is 5.69 Å². The van der Waals surface area contributed by atoms with Crippen LogP contribution in [0.5, 0.6) is 0 Å². The smallest absolute Gasteiger partial charge is 0.272 e. The maximum atomic E-state index is 11.8. The predicted octanol–water partition coefficient (Wildman–Crippen LogP) is 3.39. The summed E-state index contributed by atoms with van der Waals surface area (Å²) in [4.78, 5) is 18.6. The van der Waals surface area contributed by atoms with E-state index in [1.807, 2.05) is 6.92 Å². The van der Waals surface area contributed by atoms with Gasteiger partial charge in [-0.05, 0) is 40.5 Å². The topological polar surface area (TPSA) is 57.8 Å². The number of carbonyl (C=O) groups excluding carboxylic acids is 1. The third-order valence-electron chi connectivity index (χ3n) is 2.12. The molecule has 0 atom stereocenters. The van der Waals surface area contributed by atoms with Crippen LogP contribution in [0.2, 0.25) is 5.15 Å². The van der Waals surface area contributed by atoms with E-state index in [4.69, 9.17) is 11.6 Å². The van der Waals surface area contributed by atoms with Crippen molar-refractivity contribution in [2.75, 3.05) is 5.32 Å². The molecule has 0 aromatic carbocycles. The highest BCUT2D eigenvalue weighted by atomic mass is 79.9. The second-order valence-electron chi connectivity index (χ2n) is 3.54. The van der Waals surface area contributed by atoms with Crippen LogP contribution >= 0.6 is 27.5 Å². The first-order valence-electron chi connectivity index (χ1n) is 4.83. The van der Waals surface area contributed by atoms with Crippen molar-refractivity contribution in [2.24, 2.45) is 0 Å². The van der Waals surface area contributed by atoms with Gasteiger partial charge in [0.2, 0.25) is 0 Å². The number of pyridine rings is 1. The van der Waals surface area contributed by atoms with E-state index < -0.39 is 0 Å². The second kappa shape index (κ2) is 4.89. The SMILES string of the molecule is Cc1cnc(Cl)c(NC(=O)c2cc(Br)c[nH]2)c1. The fourth-order valence-electron chi connectivity index (χ4n) is 1.33. The largest absolute Gasteiger partial charge is 0.356 e. The zero-order valence-electron chi connectivity index (χ0n) is 8.92. The van der Waals surface area contributed by atoms with Crippen molar-refractivity contribution in [3.63, 3.8) is 0 Å². The number of aryl methyl sites for hydroxylation is 1. The molecule has 4 nitrogen and oxygen atoms in total. The van der Waals surface area contributed by atoms with Crippen LogP contribution in [0, 0.1) is 6.92 Å². The normalized spacial score (nSPS) is 10.3. The van der Waals surface area contributed by atoms with Gasteiger partial charge in [0.05, 0.1) is 5.69 Å². The lowest BCUT2D eigenvalue weighted by atomic mass is 10.3. The van der Waals surface area contributed by atoms with Crippen molar-refractivity contribution in [2.45, 2.75) is 6.92 Å². The van der Waals surface area contributed by atoms with E-state index >= 15 is 0 Å². The number of hydrogen-bond donors (Lipinski definition) is 2. The lowest BCUT2D eigenvalue weighted by molar-refractivity contribution is 0.102. The molecule has 6 heteroatoms. The van der Waals surface area contributed by atoms with Crippen molar-refractivity contribution in [1.82, 2.24) is 9.97 Å². The van der Waals surface area contributed by atoms with Crippen LogP contribution in [0.3, 0.4) is 0 Å². The van der Waals surface area contributed by atoms with Crippen molar-refractivity contribution < 1.29 is 4.79 Å². The van der Waals surface area contributed by atoms with Gasteiger partial charge in [0.1, 0.15) is 5.69 Å². The van der Waals surface area contributed by atoms with Crippen LogP contribution in [-0.2, 0) is 0 Å². The van der Waals surface area contributed by atoms with Gasteiger partial charge >= 0.3 is 0 Å². The van der Waals surface area contributed by atoms with Gasteiger partial charge in [-0.15, -0.1) is 0 Å². The molecule has 17 heavy (non-hydrogen) atoms. The first-order valence-corrected chi connectivity index (χ1v) is 6.01. The van der Waals surface area contributed by atoms with Crippen molar-refractivity contribution in [3.8, 4) is 0 Å². The Morgan fingerprint density at radius 1 is 1.53 bits per heavy atom. The average Bonchev–Trinajstić information content (AvgIpc) is 2.70. The molecule has 88 valence electrons. The molecular formula is C11H9BrClN3O. The molecule has 0 spiro atoms. The molecule has 0 aliphatic carbocycles. The van der Waals surface area contributed by atoms with Gasteiger partial charge in [-0.3, -0.25) is 4.79 Å². The molecule has 1 amide bonds. The first kappa shape index (κ1) is 12.1. The molecule has 0 saturated carbocycles. The average molecular weight is 315 g/mol. The Morgan fingerprint density at radius 2 is 2.29 bits per heavy atom. The number of hydrogen-bond acceptors (Lipinski definition) is 2. The summed E-state index contributed by atoms with van der Waals surface area (Å²) in [5.41, 5.74) is 1.88. The van der Waals surface area contributed by atoms with Gasteiger partial charge in [-0.1, -0.05) is 11.6 Å². The molecule has 2 aromatic rings. The van der Waals surface area contributed by atoms with Gasteiger partial charge in [0, 0.05) is 16.9 Å². The van der Waals surface area contributed by atoms with Crippen molar-refractivity contribution in [1.29, 1.82) is 0 Å². The van der Waals surface area contributed by atoms with Gasteiger partial charge in [0.25, 0.3) is 5.91 Å². The molecule has 0 aliphatic rings. The minimum atomic E-state index is -0.259. The summed E-state index contributed by atoms with van der Waals surface area (Å²) >= 11 is 9.15. The maximum Gasteiger partial charge on any atom is 0.272 e. The Bertz CT molecular complexity index is 568. The predicted molar refractivity (Wildman–Crippen MR) is 70.4 cm³/mol. The highest BCUT2D eigenvalue weighted by Gasteiger charge is 2.10. The molecule has 0 saturated heterocycles. The maximum absolute atomic E-state index is 11.8. The zero-order chi connectivity index (χ0) is 12.4. The number of aromatic amines is 1. The van der Waals surface area contributed by atoms with Crippen molar-refractivity contribution in [3.05, 3.63) is 45.4 Å². The Labute approximate surface area is 112 Å². The Balaban J connectivity index is 2.21. The minimum Gasteiger partial charge on any atom is -0.356 e. The van der Waals surface area contributed by atoms with Crippen molar-refractivity contribution >= 4 is 39.1 Å². The summed E-state index contributed by atoms with van der Waals surface area (Å²) in [5, 5.41) is 2.97. The van der Waals surface area contributed by atoms with Gasteiger partial charge < -0.3 is 10.3 Å². The van der Waals surface area contributed by atoms with Crippen LogP contribution in [0.25, 0.3) is 0 Å². The summed E-state index contributed by atoms with van der Waals surface area (Å²) in [5.74, 6) is -0.259. The number of H-pyrrole nitrogens is 1. The van der Waals surface area contributed by atoms with Gasteiger partial charge in [-0.2, -0.15) is 0 Å². The van der Waals surface area contributed by atoms with Crippen LogP contribution in [0.15, 0.2) is 29.0 Å². The quantitative estimate of drug-likeness (QED) is 0.835. The number of nitrogens with one attached hydrogen (secondary N) is 2. The zero-order valence-corrected chi connectivity index (χ0v) is 11.3. The minimum absolute atomic E-state index is 0.259. The Morgan fingerprint density at radius 3 is 2.94 bits per heavy atom. The lowest BCUT2D eigenvalue weighted by Crippen LogP contribution is -2.13. The molecule has 2 heterocycles. The van der Waals surface area contributed by atoms with Gasteiger partial charge in [0.15, 0.2) is 5.15 Å². The summed E-state index contributed by atoms with van der Waals surface area (Å²) < 4.78 is 0.816. The van der Waals surface area contributed by atoms with E-state index in [1.54, 1.807) is 24.5 Å². The standard InChI is InChI=1S/C11H9BrClN3O/c1-6-2-8(10(13)15-4-6)16-11(17)9-3-7(12)5-14-9/h2-5,14H,1H3,(H,16,17). The number of amides is 1. The van der Waals surface area contributed by atoms with Crippen LogP contribution in [0.1, 0.15) is 16.1 Å². The molecule has 0 bridgehead atoms. The number of rotatable bonds is 2. The Kier molecular flexibility index (Phi) is 3.49. The van der Waals surface area contributed by atoms with E-state index in [1.165, 1.54) is 0 Å². The fraction of sp³-hybridized carbons (Fsp3) is 0.0909. The van der Waals surface area contributed by atoms with E-state index in [0.29, 0.717) is 11.4 Å². The second-order valence-corrected chi connectivity index (χ2v) is 4.81. The fourth-order valence-corrected chi connectivity index (χ4v) is 1.82. The van der Waals surface area contributed by atoms with E-state index in [-0.39, 0.29) is 11.1 Å². The monoisotopic (exact) mass is 313 g/mol. The van der Waals surface area contributed by atoms with E-state index in [9.17, 15) is 4.79 Å². The number of nitrogens with zero attached hydrogens (tertiary/aromatic N) is 1. The van der Waals surface area contributed by atoms with Gasteiger partial charge in [-0.25, -0.2) is 4.98 Å². The highest BCUT2D eigenvalue weighted by molar-refractivity contribution is 9.10. The Hall–Kier alpha value is -1.33. The summed E-state index contributed by atoms with van der Waals surface area (Å²) in [7, 11) is 0. The summed E-state index contributed by atoms with van der Waals surface area (Å²) in [6.07, 6.45) is 3.33. The number of halogens is 2. The first-order chi connectivity index (χ1) is 8.06. The number of aromatic nitrogens is 2. The lowest BCUT2D eigenvalue weighted by Gasteiger charge is -2.06. The molecular weight excluding hydrogens is 305 g/mol. The third kappa shape index (κ3) is 2.87. The molecule has 0 aliphatic heterocycles. The van der Waals surface area contributed by atoms with Crippen LogP contribution in [-0.4, -0.2) is 15.9 Å². The number of anilines is 1. The molecule has 0 unspecified atom stereocenters. The summed E-state index contributed by atoms with van der Waals surface area (Å²) in [6.45, 7) is 1.88. The van der Waals surface area contributed by atoms with Crippen LogP contribution < -0.4 is 5.32 Å². The number of carbonyl (C=O) groups is 1.